The van der Waals surface area contributed by atoms with Crippen LogP contribution in [0, 0.1) is 5.92 Å². The standard InChI is InChI=1S/C15H28O4S2/c1-4-12(3)11-13(5-2)21-20-10-6-9-19-15(18)8-7-14(16)17/h12-13H,4-11H2,1-3H3,(H,16,17). The van der Waals surface area contributed by atoms with Gasteiger partial charge in [0.05, 0.1) is 19.4 Å². The summed E-state index contributed by atoms with van der Waals surface area (Å²) in [7, 11) is 3.78. The molecule has 0 aromatic rings. The maximum absolute atomic E-state index is 11.2. The van der Waals surface area contributed by atoms with Crippen LogP contribution < -0.4 is 0 Å². The Morgan fingerprint density at radius 3 is 2.48 bits per heavy atom. The topological polar surface area (TPSA) is 63.6 Å². The summed E-state index contributed by atoms with van der Waals surface area (Å²) in [6, 6.07) is 0. The zero-order valence-electron chi connectivity index (χ0n) is 13.3. The lowest BCUT2D eigenvalue weighted by atomic mass is 10.0. The number of carbonyl (C=O) groups is 2. The van der Waals surface area contributed by atoms with Crippen LogP contribution in [0.15, 0.2) is 0 Å². The van der Waals surface area contributed by atoms with E-state index in [0.29, 0.717) is 11.9 Å². The Morgan fingerprint density at radius 1 is 1.19 bits per heavy atom. The average Bonchev–Trinajstić information content (AvgIpc) is 2.46. The van der Waals surface area contributed by atoms with Gasteiger partial charge >= 0.3 is 11.9 Å². The fourth-order valence-corrected chi connectivity index (χ4v) is 4.55. The summed E-state index contributed by atoms with van der Waals surface area (Å²) in [4.78, 5) is 21.5. The monoisotopic (exact) mass is 336 g/mol. The number of aliphatic carboxylic acids is 1. The molecule has 4 nitrogen and oxygen atoms in total. The van der Waals surface area contributed by atoms with Gasteiger partial charge in [-0.3, -0.25) is 9.59 Å². The largest absolute Gasteiger partial charge is 0.481 e. The molecule has 0 aromatic heterocycles. The Kier molecular flexibility index (Phi) is 13.1. The first-order chi connectivity index (χ1) is 9.99. The third-order valence-corrected chi connectivity index (χ3v) is 6.31. The van der Waals surface area contributed by atoms with Crippen LogP contribution in [0.3, 0.4) is 0 Å². The molecule has 0 aliphatic rings. The van der Waals surface area contributed by atoms with E-state index in [-0.39, 0.29) is 12.8 Å². The zero-order chi connectivity index (χ0) is 16.1. The average molecular weight is 337 g/mol. The number of hydrogen-bond donors (Lipinski definition) is 1. The highest BCUT2D eigenvalue weighted by Crippen LogP contribution is 2.33. The van der Waals surface area contributed by atoms with E-state index in [1.54, 1.807) is 0 Å². The Morgan fingerprint density at radius 2 is 1.90 bits per heavy atom. The summed E-state index contributed by atoms with van der Waals surface area (Å²) < 4.78 is 4.98. The molecule has 0 aromatic carbocycles. The Balaban J connectivity index is 3.53. The van der Waals surface area contributed by atoms with Crippen LogP contribution in [0.4, 0.5) is 0 Å². The molecule has 1 N–H and O–H groups in total. The highest BCUT2D eigenvalue weighted by atomic mass is 33.1. The number of ether oxygens (including phenoxy) is 1. The second-order valence-electron chi connectivity index (χ2n) is 5.17. The first kappa shape index (κ1) is 20.6. The second-order valence-corrected chi connectivity index (χ2v) is 7.95. The molecular weight excluding hydrogens is 308 g/mol. The first-order valence-electron chi connectivity index (χ1n) is 7.65. The number of hydrogen-bond acceptors (Lipinski definition) is 5. The van der Waals surface area contributed by atoms with Gasteiger partial charge in [0.1, 0.15) is 0 Å². The van der Waals surface area contributed by atoms with Gasteiger partial charge < -0.3 is 9.84 Å². The van der Waals surface area contributed by atoms with Crippen molar-refractivity contribution in [3.05, 3.63) is 0 Å². The quantitative estimate of drug-likeness (QED) is 0.306. The van der Waals surface area contributed by atoms with Crippen molar-refractivity contribution in [1.82, 2.24) is 0 Å². The van der Waals surface area contributed by atoms with E-state index in [1.807, 2.05) is 21.6 Å². The van der Waals surface area contributed by atoms with Crippen molar-refractivity contribution in [2.24, 2.45) is 5.92 Å². The van der Waals surface area contributed by atoms with Gasteiger partial charge in [-0.1, -0.05) is 48.8 Å². The molecule has 0 heterocycles. The molecule has 0 aliphatic heterocycles. The van der Waals surface area contributed by atoms with Gasteiger partial charge in [-0.2, -0.15) is 0 Å². The van der Waals surface area contributed by atoms with E-state index in [1.165, 1.54) is 19.3 Å². The molecule has 0 saturated heterocycles. The lowest BCUT2D eigenvalue weighted by Gasteiger charge is -2.17. The fourth-order valence-electron chi connectivity index (χ4n) is 1.62. The third kappa shape index (κ3) is 13.1. The molecule has 0 aliphatic carbocycles. The van der Waals surface area contributed by atoms with Crippen LogP contribution in [0.25, 0.3) is 0 Å². The predicted octanol–water partition coefficient (Wildman–Crippen LogP) is 4.38. The summed E-state index contributed by atoms with van der Waals surface area (Å²) in [5, 5.41) is 9.14. The van der Waals surface area contributed by atoms with Crippen LogP contribution in [-0.4, -0.2) is 34.7 Å². The van der Waals surface area contributed by atoms with E-state index >= 15 is 0 Å². The number of carbonyl (C=O) groups excluding carboxylic acids is 1. The number of rotatable bonds is 13. The maximum Gasteiger partial charge on any atom is 0.306 e. The van der Waals surface area contributed by atoms with Gasteiger partial charge in [0.15, 0.2) is 0 Å². The highest BCUT2D eigenvalue weighted by molar-refractivity contribution is 8.76. The molecule has 0 bridgehead atoms. The summed E-state index contributed by atoms with van der Waals surface area (Å²) in [6.45, 7) is 7.14. The zero-order valence-corrected chi connectivity index (χ0v) is 14.9. The molecule has 6 heteroatoms. The molecule has 0 rings (SSSR count). The van der Waals surface area contributed by atoms with E-state index in [2.05, 4.69) is 20.8 Å². The Hall–Kier alpha value is -0.360. The van der Waals surface area contributed by atoms with Crippen LogP contribution in [0.2, 0.25) is 0 Å². The fraction of sp³-hybridized carbons (Fsp3) is 0.867. The van der Waals surface area contributed by atoms with E-state index < -0.39 is 11.9 Å². The van der Waals surface area contributed by atoms with Crippen molar-refractivity contribution in [3.63, 3.8) is 0 Å². The van der Waals surface area contributed by atoms with Crippen LogP contribution in [0.1, 0.15) is 59.3 Å². The first-order valence-corrected chi connectivity index (χ1v) is 10.0. The number of carboxylic acid groups (broad SMARTS) is 1. The predicted molar refractivity (Wildman–Crippen MR) is 90.6 cm³/mol. The lowest BCUT2D eigenvalue weighted by Crippen LogP contribution is -2.09. The molecular formula is C15H28O4S2. The van der Waals surface area contributed by atoms with Gasteiger partial charge in [-0.25, -0.2) is 0 Å². The Labute approximate surface area is 136 Å². The van der Waals surface area contributed by atoms with Crippen LogP contribution >= 0.6 is 21.6 Å². The van der Waals surface area contributed by atoms with Crippen molar-refractivity contribution in [2.75, 3.05) is 12.4 Å². The molecule has 21 heavy (non-hydrogen) atoms. The minimum atomic E-state index is -0.967. The summed E-state index contributed by atoms with van der Waals surface area (Å²) in [6.07, 6.45) is 4.30. The van der Waals surface area contributed by atoms with Gasteiger partial charge in [-0.15, -0.1) is 0 Å². The summed E-state index contributed by atoms with van der Waals surface area (Å²) in [5.41, 5.74) is 0. The van der Waals surface area contributed by atoms with Gasteiger partial charge in [-0.05, 0) is 25.2 Å². The number of esters is 1. The minimum absolute atomic E-state index is 0.0377. The van der Waals surface area contributed by atoms with Gasteiger partial charge in [0.25, 0.3) is 0 Å². The van der Waals surface area contributed by atoms with Crippen LogP contribution in [-0.2, 0) is 14.3 Å². The molecule has 0 radical (unpaired) electrons. The smallest absolute Gasteiger partial charge is 0.306 e. The van der Waals surface area contributed by atoms with E-state index in [4.69, 9.17) is 9.84 Å². The minimum Gasteiger partial charge on any atom is -0.481 e. The van der Waals surface area contributed by atoms with Crippen molar-refractivity contribution < 1.29 is 19.4 Å². The molecule has 2 unspecified atom stereocenters. The van der Waals surface area contributed by atoms with Crippen molar-refractivity contribution in [1.29, 1.82) is 0 Å². The van der Waals surface area contributed by atoms with Crippen LogP contribution in [0.5, 0.6) is 0 Å². The normalized spacial score (nSPS) is 13.7. The highest BCUT2D eigenvalue weighted by Gasteiger charge is 2.11. The second kappa shape index (κ2) is 13.3. The summed E-state index contributed by atoms with van der Waals surface area (Å²) in [5.74, 6) is 0.343. The molecule has 2 atom stereocenters. The van der Waals surface area contributed by atoms with E-state index in [9.17, 15) is 9.59 Å². The summed E-state index contributed by atoms with van der Waals surface area (Å²) >= 11 is 0. The van der Waals surface area contributed by atoms with Gasteiger partial charge in [0, 0.05) is 11.0 Å². The Bertz CT molecular complexity index is 297. The van der Waals surface area contributed by atoms with Crippen molar-refractivity contribution in [2.45, 2.75) is 64.5 Å². The van der Waals surface area contributed by atoms with Crippen molar-refractivity contribution >= 4 is 33.5 Å². The van der Waals surface area contributed by atoms with Crippen molar-refractivity contribution in [3.8, 4) is 0 Å². The molecule has 0 amide bonds. The molecule has 0 fully saturated rings. The third-order valence-electron chi connectivity index (χ3n) is 3.20. The maximum atomic E-state index is 11.2. The lowest BCUT2D eigenvalue weighted by molar-refractivity contribution is -0.147. The molecule has 0 spiro atoms. The molecule has 0 saturated carbocycles. The van der Waals surface area contributed by atoms with Gasteiger partial charge in [0.2, 0.25) is 0 Å². The van der Waals surface area contributed by atoms with E-state index in [0.717, 1.165) is 18.1 Å². The SMILES string of the molecule is CCC(C)CC(CC)SSCCCOC(=O)CCC(=O)O. The molecule has 124 valence electrons. The number of carboxylic acids is 1.